The van der Waals surface area contributed by atoms with Gasteiger partial charge in [0.25, 0.3) is 0 Å². The fraction of sp³-hybridized carbons (Fsp3) is 0.745. The van der Waals surface area contributed by atoms with Gasteiger partial charge in [0.1, 0.15) is 0 Å². The van der Waals surface area contributed by atoms with Gasteiger partial charge in [-0.25, -0.2) is 0 Å². The number of rotatable bonds is 4. The Morgan fingerprint density at radius 3 is 1.68 bits per heavy atom. The van der Waals surface area contributed by atoms with Crippen LogP contribution in [-0.4, -0.2) is 46.3 Å². The summed E-state index contributed by atoms with van der Waals surface area (Å²) in [7, 11) is 0. The van der Waals surface area contributed by atoms with Crippen molar-refractivity contribution >= 4 is 46.7 Å². The Morgan fingerprint density at radius 2 is 1.12 bits per heavy atom. The maximum absolute atomic E-state index is 12.8. The van der Waals surface area contributed by atoms with Gasteiger partial charge in [0.15, 0.2) is 34.3 Å². The fourth-order valence-corrected chi connectivity index (χ4v) is 15.6. The minimum atomic E-state index is -1.03. The van der Waals surface area contributed by atoms with Gasteiger partial charge in [0, 0.05) is 42.6 Å². The van der Waals surface area contributed by atoms with Crippen molar-refractivity contribution < 1.29 is 38.2 Å². The number of fused-ring (bicyclic) bond motifs is 10. The zero-order valence-electron chi connectivity index (χ0n) is 35.1. The third-order valence-corrected chi connectivity index (χ3v) is 18.2. The van der Waals surface area contributed by atoms with Crippen LogP contribution >= 0.6 is 11.6 Å². The molecule has 13 atom stereocenters. The van der Waals surface area contributed by atoms with E-state index in [-0.39, 0.29) is 68.6 Å². The quantitative estimate of drug-likeness (QED) is 0.259. The van der Waals surface area contributed by atoms with E-state index in [0.29, 0.717) is 60.3 Å². The minimum absolute atomic E-state index is 0.00469. The highest BCUT2D eigenvalue weighted by Crippen LogP contribution is 2.70. The van der Waals surface area contributed by atoms with Crippen LogP contribution in [0.25, 0.3) is 0 Å². The largest absolute Gasteiger partial charge is 0.451 e. The van der Waals surface area contributed by atoms with Crippen molar-refractivity contribution in [1.29, 1.82) is 0 Å². The molecule has 8 nitrogen and oxygen atoms in total. The third kappa shape index (κ3) is 5.78. The Hall–Kier alpha value is -2.87. The second-order valence-electron chi connectivity index (χ2n) is 20.2. The Kier molecular flexibility index (Phi) is 10.2. The van der Waals surface area contributed by atoms with Crippen LogP contribution in [0.3, 0.4) is 0 Å². The summed E-state index contributed by atoms with van der Waals surface area (Å²) in [6, 6.07) is 0. The lowest BCUT2D eigenvalue weighted by Gasteiger charge is -2.60. The first kappa shape index (κ1) is 41.3. The molecule has 306 valence electrons. The van der Waals surface area contributed by atoms with E-state index in [1.54, 1.807) is 19.9 Å². The monoisotopic (exact) mass is 790 g/mol. The average molecular weight is 791 g/mol. The van der Waals surface area contributed by atoms with Crippen molar-refractivity contribution in [2.45, 2.75) is 157 Å². The summed E-state index contributed by atoms with van der Waals surface area (Å²) < 4.78 is 11.6. The Morgan fingerprint density at radius 1 is 0.643 bits per heavy atom. The first-order valence-electron chi connectivity index (χ1n) is 21.4. The van der Waals surface area contributed by atoms with Gasteiger partial charge in [-0.2, -0.15) is 0 Å². The first-order chi connectivity index (χ1) is 26.1. The summed E-state index contributed by atoms with van der Waals surface area (Å²) in [6.07, 6.45) is 16.7. The molecule has 8 rings (SSSR count). The van der Waals surface area contributed by atoms with Crippen LogP contribution in [0.5, 0.6) is 0 Å². The highest BCUT2D eigenvalue weighted by molar-refractivity contribution is 6.32. The summed E-state index contributed by atoms with van der Waals surface area (Å²) in [5.74, 6) is 2.41. The Bertz CT molecular complexity index is 1860. The fourth-order valence-electron chi connectivity index (χ4n) is 15.2. The topological polar surface area (TPSA) is 121 Å². The van der Waals surface area contributed by atoms with Crippen molar-refractivity contribution in [3.8, 4) is 0 Å². The molecule has 0 unspecified atom stereocenters. The smallest absolute Gasteiger partial charge is 0.303 e. The van der Waals surface area contributed by atoms with E-state index in [9.17, 15) is 28.8 Å². The molecule has 56 heavy (non-hydrogen) atoms. The summed E-state index contributed by atoms with van der Waals surface area (Å²) >= 11 is 6.71. The zero-order chi connectivity index (χ0) is 41.0. The third-order valence-electron chi connectivity index (χ3n) is 17.8. The molecule has 0 bridgehead atoms. The van der Waals surface area contributed by atoms with Crippen LogP contribution in [0.4, 0.5) is 0 Å². The van der Waals surface area contributed by atoms with Gasteiger partial charge in [-0.15, -0.1) is 0 Å². The summed E-state index contributed by atoms with van der Waals surface area (Å²) in [6.45, 7) is 17.2. The van der Waals surface area contributed by atoms with Gasteiger partial charge in [-0.1, -0.05) is 57.9 Å². The number of carbonyl (C=O) groups is 6. The molecule has 0 radical (unpaired) electrons. The normalized spacial score (nSPS) is 46.0. The van der Waals surface area contributed by atoms with Crippen molar-refractivity contribution in [3.05, 3.63) is 34.4 Å². The lowest BCUT2D eigenvalue weighted by atomic mass is 9.44. The lowest BCUT2D eigenvalue weighted by Crippen LogP contribution is -2.59. The van der Waals surface area contributed by atoms with E-state index < -0.39 is 11.2 Å². The molecular formula is C47H63ClO8. The van der Waals surface area contributed by atoms with Crippen molar-refractivity contribution in [3.63, 3.8) is 0 Å². The molecule has 0 saturated heterocycles. The number of esters is 2. The van der Waals surface area contributed by atoms with Crippen molar-refractivity contribution in [2.24, 2.45) is 63.1 Å². The average Bonchev–Trinajstić information content (AvgIpc) is 3.58. The van der Waals surface area contributed by atoms with Crippen LogP contribution in [0, 0.1) is 63.1 Å². The number of carbonyl (C=O) groups excluding carboxylic acids is 6. The van der Waals surface area contributed by atoms with Gasteiger partial charge in [0.05, 0.1) is 0 Å². The number of ketones is 4. The van der Waals surface area contributed by atoms with E-state index in [4.69, 9.17) is 21.1 Å². The molecule has 0 spiro atoms. The summed E-state index contributed by atoms with van der Waals surface area (Å²) in [5.41, 5.74) is -0.314. The van der Waals surface area contributed by atoms with Crippen LogP contribution < -0.4 is 0 Å². The molecule has 0 aliphatic heterocycles. The molecule has 0 aromatic heterocycles. The van der Waals surface area contributed by atoms with Gasteiger partial charge < -0.3 is 9.47 Å². The first-order valence-corrected chi connectivity index (χ1v) is 21.8. The maximum Gasteiger partial charge on any atom is 0.303 e. The van der Waals surface area contributed by atoms with E-state index in [0.717, 1.165) is 63.4 Å². The van der Waals surface area contributed by atoms with Crippen LogP contribution in [0.15, 0.2) is 34.4 Å². The van der Waals surface area contributed by atoms with Crippen molar-refractivity contribution in [1.82, 2.24) is 0 Å². The molecule has 0 amide bonds. The molecular weight excluding hydrogens is 728 g/mol. The molecule has 0 heterocycles. The number of hydrogen-bond donors (Lipinski definition) is 0. The van der Waals surface area contributed by atoms with E-state index in [2.05, 4.69) is 40.7 Å². The van der Waals surface area contributed by atoms with Crippen LogP contribution in [0.2, 0.25) is 0 Å². The van der Waals surface area contributed by atoms with Crippen molar-refractivity contribution in [2.75, 3.05) is 0 Å². The number of hydrogen-bond acceptors (Lipinski definition) is 8. The molecule has 5 fully saturated rings. The molecule has 9 heteroatoms. The highest BCUT2D eigenvalue weighted by atomic mass is 35.5. The minimum Gasteiger partial charge on any atom is -0.451 e. The molecule has 5 saturated carbocycles. The van der Waals surface area contributed by atoms with Gasteiger partial charge >= 0.3 is 11.9 Å². The van der Waals surface area contributed by atoms with E-state index >= 15 is 0 Å². The predicted molar refractivity (Wildman–Crippen MR) is 213 cm³/mol. The highest BCUT2D eigenvalue weighted by Gasteiger charge is 2.69. The molecule has 0 aromatic carbocycles. The Balaban J connectivity index is 0.000000172. The zero-order valence-corrected chi connectivity index (χ0v) is 35.9. The number of ether oxygens (including phenoxy) is 2. The number of Topliss-reactive ketones (excluding diaryl/α,β-unsaturated/α-hetero) is 2. The Labute approximate surface area is 338 Å². The lowest BCUT2D eigenvalue weighted by molar-refractivity contribution is -0.187. The summed E-state index contributed by atoms with van der Waals surface area (Å²) in [5, 5.41) is 0.689. The van der Waals surface area contributed by atoms with Gasteiger partial charge in [-0.05, 0) is 154 Å². The summed E-state index contributed by atoms with van der Waals surface area (Å²) in [4.78, 5) is 73.5. The second-order valence-corrected chi connectivity index (χ2v) is 20.6. The van der Waals surface area contributed by atoms with E-state index in [1.807, 2.05) is 6.08 Å². The predicted octanol–water partition coefficient (Wildman–Crippen LogP) is 9.41. The van der Waals surface area contributed by atoms with Gasteiger partial charge in [-0.3, -0.25) is 28.8 Å². The SMILES string of the molecule is CC(=O)O[C@]1(C(C)=O)CC[C@H]2[C@@H]3C=C(Cl)C4=CC(=O)CC[C@]4(C)[C@H]3CC[C@@]21C.CC(=O)O[C@]1(C(C)=O)CC[C@H]2[C@@H]3C[C@H](C)C4=CC(=O)CC[C@]4(C)[C@H]3CC[C@@]21C. The van der Waals surface area contributed by atoms with E-state index in [1.165, 1.54) is 19.4 Å². The second kappa shape index (κ2) is 13.9. The maximum atomic E-state index is 12.8. The number of allylic oxidation sites excluding steroid dienone is 5. The van der Waals surface area contributed by atoms with Gasteiger partial charge in [0.2, 0.25) is 0 Å². The van der Waals surface area contributed by atoms with Crippen LogP contribution in [-0.2, 0) is 38.2 Å². The number of halogens is 1. The standard InChI is InChI=1S/C24H34O4.C23H29ClO4/c1-14-12-18-19(22(4)9-6-17(27)13-21(14)22)7-10-23(5)20(18)8-11-24(23,15(2)25)28-16(3)26;1-13(25)23(28-14(2)26)10-7-18-16-12-20(24)19-11-15(27)5-8-21(19,3)17(16)6-9-22(18,23)4/h13-14,18-20H,6-12H2,1-5H3;11-12,16-18H,5-10H2,1-4H3/t14-,18+,19-,20-,22+,23-,24-;16-,17+,18+,21-,22+,23+/m01/s1. The molecule has 0 N–H and O–H groups in total. The molecule has 8 aliphatic carbocycles. The molecule has 8 aliphatic rings. The van der Waals surface area contributed by atoms with Crippen LogP contribution in [0.1, 0.15) is 146 Å². The molecule has 0 aromatic rings.